The first-order valence-corrected chi connectivity index (χ1v) is 6.34. The summed E-state index contributed by atoms with van der Waals surface area (Å²) in [5.41, 5.74) is 0.0321. The molecule has 0 radical (unpaired) electrons. The minimum absolute atomic E-state index is 0.198. The smallest absolute Gasteiger partial charge is 0.410 e. The first kappa shape index (κ1) is 13.4. The van der Waals surface area contributed by atoms with E-state index in [0.29, 0.717) is 19.3 Å². The lowest BCUT2D eigenvalue weighted by Crippen LogP contribution is -2.48. The molecule has 0 aromatic heterocycles. The van der Waals surface area contributed by atoms with Gasteiger partial charge in [0.2, 0.25) is 0 Å². The van der Waals surface area contributed by atoms with Gasteiger partial charge >= 0.3 is 6.09 Å². The molecule has 1 saturated carbocycles. The number of amides is 1. The minimum atomic E-state index is -0.879. The number of carbonyl (C=O) groups is 2. The van der Waals surface area contributed by atoms with E-state index in [-0.39, 0.29) is 6.61 Å². The zero-order chi connectivity index (χ0) is 13.6. The molecule has 0 heterocycles. The molecular weight excluding hydrogens is 246 g/mol. The third kappa shape index (κ3) is 3.71. The number of benzene rings is 1. The maximum Gasteiger partial charge on any atom is 0.410 e. The highest BCUT2D eigenvalue weighted by Crippen LogP contribution is 2.30. The van der Waals surface area contributed by atoms with Gasteiger partial charge in [-0.15, -0.1) is 0 Å². The summed E-state index contributed by atoms with van der Waals surface area (Å²) in [7, 11) is 0. The van der Waals surface area contributed by atoms with Crippen molar-refractivity contribution in [3.05, 3.63) is 35.9 Å². The molecule has 1 aromatic rings. The van der Waals surface area contributed by atoms with Gasteiger partial charge in [0.25, 0.3) is 6.47 Å². The second kappa shape index (κ2) is 6.22. The predicted molar refractivity (Wildman–Crippen MR) is 68.1 cm³/mol. The van der Waals surface area contributed by atoms with Crippen molar-refractivity contribution in [1.29, 1.82) is 0 Å². The van der Waals surface area contributed by atoms with E-state index < -0.39 is 11.8 Å². The fourth-order valence-electron chi connectivity index (χ4n) is 2.26. The van der Waals surface area contributed by atoms with Crippen LogP contribution in [0.15, 0.2) is 30.3 Å². The quantitative estimate of drug-likeness (QED) is 0.654. The zero-order valence-corrected chi connectivity index (χ0v) is 10.6. The number of ether oxygens (including phenoxy) is 2. The maximum absolute atomic E-state index is 11.7. The highest BCUT2D eigenvalue weighted by Gasteiger charge is 2.37. The summed E-state index contributed by atoms with van der Waals surface area (Å²) in [6.07, 6.45) is 2.55. The van der Waals surface area contributed by atoms with Crippen LogP contribution in [0.2, 0.25) is 0 Å². The fourth-order valence-corrected chi connectivity index (χ4v) is 2.26. The van der Waals surface area contributed by atoms with Gasteiger partial charge in [-0.05, 0) is 18.4 Å². The molecule has 0 bridgehead atoms. The van der Waals surface area contributed by atoms with Crippen molar-refractivity contribution in [2.45, 2.75) is 38.0 Å². The van der Waals surface area contributed by atoms with Gasteiger partial charge in [-0.3, -0.25) is 10.1 Å². The summed E-state index contributed by atoms with van der Waals surface area (Å²) in [4.78, 5) is 22.2. The SMILES string of the molecule is O=COC1(NC(=O)OCc2ccccc2)CCCC1. The number of rotatable bonds is 5. The molecule has 5 nitrogen and oxygen atoms in total. The van der Waals surface area contributed by atoms with Gasteiger partial charge in [-0.1, -0.05) is 30.3 Å². The molecule has 1 fully saturated rings. The minimum Gasteiger partial charge on any atom is -0.445 e. The molecule has 1 aliphatic rings. The van der Waals surface area contributed by atoms with Gasteiger partial charge in [-0.25, -0.2) is 4.79 Å². The largest absolute Gasteiger partial charge is 0.445 e. The molecule has 0 saturated heterocycles. The van der Waals surface area contributed by atoms with E-state index in [1.165, 1.54) is 0 Å². The molecule has 0 spiro atoms. The van der Waals surface area contributed by atoms with Crippen LogP contribution in [-0.4, -0.2) is 18.3 Å². The second-order valence-electron chi connectivity index (χ2n) is 4.60. The Morgan fingerprint density at radius 1 is 1.26 bits per heavy atom. The van der Waals surface area contributed by atoms with Gasteiger partial charge in [0.05, 0.1) is 0 Å². The van der Waals surface area contributed by atoms with Crippen LogP contribution in [0, 0.1) is 0 Å². The molecule has 1 N–H and O–H groups in total. The van der Waals surface area contributed by atoms with Crippen molar-refractivity contribution in [3.8, 4) is 0 Å². The van der Waals surface area contributed by atoms with Gasteiger partial charge in [0.15, 0.2) is 5.72 Å². The molecular formula is C14H17NO4. The van der Waals surface area contributed by atoms with E-state index in [1.807, 2.05) is 30.3 Å². The van der Waals surface area contributed by atoms with E-state index in [1.54, 1.807) is 0 Å². The van der Waals surface area contributed by atoms with Crippen LogP contribution >= 0.6 is 0 Å². The molecule has 0 atom stereocenters. The molecule has 1 amide bonds. The number of nitrogens with one attached hydrogen (secondary N) is 1. The van der Waals surface area contributed by atoms with Gasteiger partial charge in [0.1, 0.15) is 6.61 Å². The molecule has 0 aliphatic heterocycles. The van der Waals surface area contributed by atoms with E-state index in [2.05, 4.69) is 5.32 Å². The van der Waals surface area contributed by atoms with Crippen LogP contribution in [0.5, 0.6) is 0 Å². The van der Waals surface area contributed by atoms with Crippen LogP contribution in [0.25, 0.3) is 0 Å². The Morgan fingerprint density at radius 2 is 1.95 bits per heavy atom. The van der Waals surface area contributed by atoms with Gasteiger partial charge in [-0.2, -0.15) is 0 Å². The number of hydrogen-bond acceptors (Lipinski definition) is 4. The Hall–Kier alpha value is -2.04. The normalized spacial score (nSPS) is 16.6. The lowest BCUT2D eigenvalue weighted by molar-refractivity contribution is -0.145. The van der Waals surface area contributed by atoms with Crippen LogP contribution in [0.3, 0.4) is 0 Å². The van der Waals surface area contributed by atoms with Gasteiger partial charge in [0, 0.05) is 12.8 Å². The summed E-state index contributed by atoms with van der Waals surface area (Å²) in [5.74, 6) is 0. The fraction of sp³-hybridized carbons (Fsp3) is 0.429. The van der Waals surface area contributed by atoms with Crippen LogP contribution in [0.1, 0.15) is 31.2 Å². The molecule has 1 aliphatic carbocycles. The number of carbonyl (C=O) groups excluding carboxylic acids is 2. The van der Waals surface area contributed by atoms with Crippen molar-refractivity contribution in [2.75, 3.05) is 0 Å². The Bertz CT molecular complexity index is 426. The molecule has 1 aromatic carbocycles. The lowest BCUT2D eigenvalue weighted by Gasteiger charge is -2.27. The summed E-state index contributed by atoms with van der Waals surface area (Å²) < 4.78 is 10.1. The van der Waals surface area contributed by atoms with Crippen LogP contribution in [-0.2, 0) is 20.9 Å². The van der Waals surface area contributed by atoms with Crippen LogP contribution < -0.4 is 5.32 Å². The predicted octanol–water partition coefficient (Wildman–Crippen LogP) is 2.36. The highest BCUT2D eigenvalue weighted by molar-refractivity contribution is 5.68. The third-order valence-corrected chi connectivity index (χ3v) is 3.23. The highest BCUT2D eigenvalue weighted by atomic mass is 16.6. The van der Waals surface area contributed by atoms with Crippen molar-refractivity contribution < 1.29 is 19.1 Å². The number of alkyl carbamates (subject to hydrolysis) is 1. The topological polar surface area (TPSA) is 64.6 Å². The first-order valence-electron chi connectivity index (χ1n) is 6.34. The third-order valence-electron chi connectivity index (χ3n) is 3.23. The summed E-state index contributed by atoms with van der Waals surface area (Å²) in [6, 6.07) is 9.41. The summed E-state index contributed by atoms with van der Waals surface area (Å²) in [5, 5.41) is 2.65. The zero-order valence-electron chi connectivity index (χ0n) is 10.6. The monoisotopic (exact) mass is 263 g/mol. The molecule has 19 heavy (non-hydrogen) atoms. The molecule has 102 valence electrons. The average molecular weight is 263 g/mol. The average Bonchev–Trinajstić information content (AvgIpc) is 2.86. The lowest BCUT2D eigenvalue weighted by atomic mass is 10.2. The van der Waals surface area contributed by atoms with Gasteiger partial charge < -0.3 is 9.47 Å². The van der Waals surface area contributed by atoms with E-state index in [9.17, 15) is 9.59 Å². The standard InChI is InChI=1S/C14H17NO4/c16-11-19-14(8-4-5-9-14)15-13(17)18-10-12-6-2-1-3-7-12/h1-3,6-7,11H,4-5,8-10H2,(H,15,17). The Kier molecular flexibility index (Phi) is 4.39. The summed E-state index contributed by atoms with van der Waals surface area (Å²) in [6.45, 7) is 0.576. The first-order chi connectivity index (χ1) is 9.24. The van der Waals surface area contributed by atoms with E-state index in [4.69, 9.17) is 9.47 Å². The van der Waals surface area contributed by atoms with Crippen molar-refractivity contribution >= 4 is 12.6 Å². The van der Waals surface area contributed by atoms with Crippen LogP contribution in [0.4, 0.5) is 4.79 Å². The van der Waals surface area contributed by atoms with E-state index in [0.717, 1.165) is 18.4 Å². The Morgan fingerprint density at radius 3 is 2.58 bits per heavy atom. The van der Waals surface area contributed by atoms with Crippen molar-refractivity contribution in [2.24, 2.45) is 0 Å². The summed E-state index contributed by atoms with van der Waals surface area (Å²) >= 11 is 0. The number of hydrogen-bond donors (Lipinski definition) is 1. The Balaban J connectivity index is 1.84. The second-order valence-corrected chi connectivity index (χ2v) is 4.60. The van der Waals surface area contributed by atoms with Crippen molar-refractivity contribution in [1.82, 2.24) is 5.32 Å². The molecule has 0 unspecified atom stereocenters. The molecule has 5 heteroatoms. The Labute approximate surface area is 111 Å². The maximum atomic E-state index is 11.7. The van der Waals surface area contributed by atoms with E-state index >= 15 is 0 Å². The van der Waals surface area contributed by atoms with Crippen molar-refractivity contribution in [3.63, 3.8) is 0 Å². The molecule has 2 rings (SSSR count).